The molecule has 0 aliphatic carbocycles. The second-order valence-electron chi connectivity index (χ2n) is 5.97. The lowest BCUT2D eigenvalue weighted by Crippen LogP contribution is -2.25. The Kier molecular flexibility index (Phi) is 4.27. The van der Waals surface area contributed by atoms with Gasteiger partial charge in [-0.1, -0.05) is 25.9 Å². The number of amides is 1. The summed E-state index contributed by atoms with van der Waals surface area (Å²) in [5.41, 5.74) is 0.553. The topological polar surface area (TPSA) is 68.3 Å². The van der Waals surface area contributed by atoms with Crippen molar-refractivity contribution in [2.24, 2.45) is 5.41 Å². The third-order valence-electron chi connectivity index (χ3n) is 2.90. The van der Waals surface area contributed by atoms with Crippen LogP contribution in [-0.2, 0) is 0 Å². The van der Waals surface area contributed by atoms with Gasteiger partial charge in [0.25, 0.3) is 5.91 Å². The molecule has 0 aromatic carbocycles. The Labute approximate surface area is 118 Å². The minimum absolute atomic E-state index is 0.222. The monoisotopic (exact) mass is 276 g/mol. The molecule has 0 saturated carbocycles. The van der Waals surface area contributed by atoms with Crippen LogP contribution in [-0.4, -0.2) is 17.6 Å². The van der Waals surface area contributed by atoms with Gasteiger partial charge < -0.3 is 14.3 Å². The van der Waals surface area contributed by atoms with E-state index in [1.807, 2.05) is 0 Å². The van der Waals surface area contributed by atoms with Crippen molar-refractivity contribution in [3.63, 3.8) is 0 Å². The van der Waals surface area contributed by atoms with Gasteiger partial charge in [-0.25, -0.2) is 0 Å². The second kappa shape index (κ2) is 5.94. The van der Waals surface area contributed by atoms with E-state index < -0.39 is 0 Å². The normalized spacial score (nSPS) is 11.6. The van der Waals surface area contributed by atoms with Crippen molar-refractivity contribution in [3.8, 4) is 11.5 Å². The van der Waals surface area contributed by atoms with E-state index in [1.54, 1.807) is 24.5 Å². The molecule has 0 spiro atoms. The number of nitrogens with zero attached hydrogens (tertiary/aromatic N) is 1. The zero-order valence-corrected chi connectivity index (χ0v) is 12.1. The molecular weight excluding hydrogens is 256 g/mol. The van der Waals surface area contributed by atoms with Gasteiger partial charge in [0.05, 0.1) is 6.26 Å². The lowest BCUT2D eigenvalue weighted by atomic mass is 9.91. The summed E-state index contributed by atoms with van der Waals surface area (Å²) < 4.78 is 10.3. The third-order valence-corrected chi connectivity index (χ3v) is 2.90. The number of carbonyl (C=O) groups is 1. The van der Waals surface area contributed by atoms with Crippen LogP contribution >= 0.6 is 0 Å². The summed E-state index contributed by atoms with van der Waals surface area (Å²) in [6, 6.07) is 5.09. The first-order chi connectivity index (χ1) is 9.46. The fourth-order valence-electron chi connectivity index (χ4n) is 1.83. The van der Waals surface area contributed by atoms with E-state index in [9.17, 15) is 4.79 Å². The molecule has 5 heteroatoms. The van der Waals surface area contributed by atoms with E-state index in [4.69, 9.17) is 8.94 Å². The van der Waals surface area contributed by atoms with Crippen LogP contribution < -0.4 is 5.32 Å². The lowest BCUT2D eigenvalue weighted by molar-refractivity contribution is 0.0942. The first-order valence-electron chi connectivity index (χ1n) is 6.74. The maximum absolute atomic E-state index is 11.9. The zero-order chi connectivity index (χ0) is 14.6. The highest BCUT2D eigenvalue weighted by Gasteiger charge is 2.15. The van der Waals surface area contributed by atoms with E-state index >= 15 is 0 Å². The van der Waals surface area contributed by atoms with Gasteiger partial charge in [0.15, 0.2) is 11.5 Å². The molecule has 0 saturated heterocycles. The highest BCUT2D eigenvalue weighted by Crippen LogP contribution is 2.21. The number of hydrogen-bond acceptors (Lipinski definition) is 4. The number of carbonyl (C=O) groups excluding carboxylic acids is 1. The van der Waals surface area contributed by atoms with Gasteiger partial charge in [-0.2, -0.15) is 0 Å². The summed E-state index contributed by atoms with van der Waals surface area (Å²) in [5.74, 6) is 0.791. The number of nitrogens with one attached hydrogen (secondary N) is 1. The van der Waals surface area contributed by atoms with Crippen LogP contribution in [0.5, 0.6) is 0 Å². The van der Waals surface area contributed by atoms with E-state index in [0.717, 1.165) is 12.8 Å². The van der Waals surface area contributed by atoms with E-state index in [-0.39, 0.29) is 17.0 Å². The van der Waals surface area contributed by atoms with Gasteiger partial charge in [0.2, 0.25) is 5.76 Å². The third kappa shape index (κ3) is 3.98. The first-order valence-corrected chi connectivity index (χ1v) is 6.74. The SMILES string of the molecule is CC(C)(C)CCCNC(=O)c1cc(-c2ccco2)on1. The highest BCUT2D eigenvalue weighted by molar-refractivity contribution is 5.92. The van der Waals surface area contributed by atoms with Crippen LogP contribution in [0.4, 0.5) is 0 Å². The van der Waals surface area contributed by atoms with Gasteiger partial charge in [-0.15, -0.1) is 0 Å². The number of rotatable bonds is 5. The predicted octanol–water partition coefficient (Wildman–Crippen LogP) is 3.49. The van der Waals surface area contributed by atoms with Crippen LogP contribution in [0.25, 0.3) is 11.5 Å². The molecular formula is C15H20N2O3. The fraction of sp³-hybridized carbons (Fsp3) is 0.467. The summed E-state index contributed by atoms with van der Waals surface area (Å²) in [5, 5.41) is 6.59. The molecule has 20 heavy (non-hydrogen) atoms. The number of hydrogen-bond donors (Lipinski definition) is 1. The van der Waals surface area contributed by atoms with Crippen molar-refractivity contribution in [3.05, 3.63) is 30.2 Å². The molecule has 2 heterocycles. The van der Waals surface area contributed by atoms with E-state index in [0.29, 0.717) is 18.1 Å². The fourth-order valence-corrected chi connectivity index (χ4v) is 1.83. The smallest absolute Gasteiger partial charge is 0.273 e. The first kappa shape index (κ1) is 14.4. The van der Waals surface area contributed by atoms with Gasteiger partial charge in [0, 0.05) is 12.6 Å². The summed E-state index contributed by atoms with van der Waals surface area (Å²) >= 11 is 0. The Hall–Kier alpha value is -2.04. The molecule has 0 radical (unpaired) electrons. The van der Waals surface area contributed by atoms with Gasteiger partial charge in [-0.05, 0) is 30.4 Å². The minimum atomic E-state index is -0.222. The summed E-state index contributed by atoms with van der Waals surface area (Å²) in [6.07, 6.45) is 3.55. The quantitative estimate of drug-likeness (QED) is 0.849. The molecule has 1 N–H and O–H groups in total. The lowest BCUT2D eigenvalue weighted by Gasteiger charge is -2.17. The van der Waals surface area contributed by atoms with Crippen LogP contribution in [0, 0.1) is 5.41 Å². The maximum atomic E-state index is 11.9. The summed E-state index contributed by atoms with van der Waals surface area (Å²) in [6.45, 7) is 7.19. The van der Waals surface area contributed by atoms with Crippen molar-refractivity contribution in [2.75, 3.05) is 6.54 Å². The van der Waals surface area contributed by atoms with Gasteiger partial charge in [0.1, 0.15) is 0 Å². The number of aromatic nitrogens is 1. The Balaban J connectivity index is 1.84. The molecule has 1 amide bonds. The van der Waals surface area contributed by atoms with Crippen molar-refractivity contribution < 1.29 is 13.7 Å². The molecule has 2 aromatic heterocycles. The van der Waals surface area contributed by atoms with E-state index in [2.05, 4.69) is 31.2 Å². The standard InChI is InChI=1S/C15H20N2O3/c1-15(2,3)7-5-8-16-14(18)11-10-13(20-17-11)12-6-4-9-19-12/h4,6,9-10H,5,7-8H2,1-3H3,(H,16,18). The van der Waals surface area contributed by atoms with Crippen LogP contribution in [0.15, 0.2) is 33.4 Å². The molecule has 5 nitrogen and oxygen atoms in total. The van der Waals surface area contributed by atoms with Crippen LogP contribution in [0.1, 0.15) is 44.1 Å². The molecule has 0 aliphatic rings. The van der Waals surface area contributed by atoms with Crippen molar-refractivity contribution in [1.82, 2.24) is 10.5 Å². The Morgan fingerprint density at radius 3 is 2.80 bits per heavy atom. The predicted molar refractivity (Wildman–Crippen MR) is 75.2 cm³/mol. The Morgan fingerprint density at radius 2 is 2.15 bits per heavy atom. The molecule has 108 valence electrons. The second-order valence-corrected chi connectivity index (χ2v) is 5.97. The van der Waals surface area contributed by atoms with Crippen molar-refractivity contribution in [1.29, 1.82) is 0 Å². The average molecular weight is 276 g/mol. The average Bonchev–Trinajstić information content (AvgIpc) is 3.02. The molecule has 0 atom stereocenters. The van der Waals surface area contributed by atoms with E-state index in [1.165, 1.54) is 0 Å². The largest absolute Gasteiger partial charge is 0.461 e. The molecule has 2 aromatic rings. The molecule has 0 bridgehead atoms. The zero-order valence-electron chi connectivity index (χ0n) is 12.1. The highest BCUT2D eigenvalue weighted by atomic mass is 16.5. The molecule has 2 rings (SSSR count). The van der Waals surface area contributed by atoms with Crippen molar-refractivity contribution in [2.45, 2.75) is 33.6 Å². The van der Waals surface area contributed by atoms with Crippen LogP contribution in [0.3, 0.4) is 0 Å². The van der Waals surface area contributed by atoms with Gasteiger partial charge >= 0.3 is 0 Å². The molecule has 0 unspecified atom stereocenters. The Bertz CT molecular complexity index is 550. The number of furan rings is 1. The summed E-state index contributed by atoms with van der Waals surface area (Å²) in [4.78, 5) is 11.9. The van der Waals surface area contributed by atoms with Crippen molar-refractivity contribution >= 4 is 5.91 Å². The maximum Gasteiger partial charge on any atom is 0.273 e. The molecule has 0 aliphatic heterocycles. The minimum Gasteiger partial charge on any atom is -0.461 e. The molecule has 0 fully saturated rings. The Morgan fingerprint density at radius 1 is 1.35 bits per heavy atom. The van der Waals surface area contributed by atoms with Crippen LogP contribution in [0.2, 0.25) is 0 Å². The van der Waals surface area contributed by atoms with Gasteiger partial charge in [-0.3, -0.25) is 4.79 Å². The summed E-state index contributed by atoms with van der Waals surface area (Å²) in [7, 11) is 0.